The van der Waals surface area contributed by atoms with Gasteiger partial charge in [-0.3, -0.25) is 14.4 Å². The lowest BCUT2D eigenvalue weighted by atomic mass is 10.0. The van der Waals surface area contributed by atoms with E-state index in [2.05, 4.69) is 118 Å². The first-order valence-corrected chi connectivity index (χ1v) is 34.2. The lowest BCUT2D eigenvalue weighted by molar-refractivity contribution is -0.167. The molecule has 460 valence electrons. The van der Waals surface area contributed by atoms with Gasteiger partial charge in [-0.05, 0) is 96.3 Å². The van der Waals surface area contributed by atoms with Crippen molar-refractivity contribution in [3.63, 3.8) is 0 Å². The van der Waals surface area contributed by atoms with Crippen LogP contribution >= 0.6 is 0 Å². The molecule has 1 unspecified atom stereocenters. The highest BCUT2D eigenvalue weighted by Crippen LogP contribution is 2.17. The number of allylic oxidation sites excluding steroid dienone is 16. The Morgan fingerprint density at radius 3 is 0.762 bits per heavy atom. The molecule has 0 aromatic rings. The molecule has 0 aliphatic rings. The molecular weight excluding hydrogens is 985 g/mol. The van der Waals surface area contributed by atoms with Gasteiger partial charge in [-0.15, -0.1) is 0 Å². The number of hydrogen-bond acceptors (Lipinski definition) is 6. The minimum absolute atomic E-state index is 0.0739. The summed E-state index contributed by atoms with van der Waals surface area (Å²) in [5, 5.41) is 0. The van der Waals surface area contributed by atoms with Gasteiger partial charge in [0.25, 0.3) is 0 Å². The van der Waals surface area contributed by atoms with E-state index in [1.807, 2.05) is 0 Å². The van der Waals surface area contributed by atoms with Gasteiger partial charge < -0.3 is 14.2 Å². The summed E-state index contributed by atoms with van der Waals surface area (Å²) in [6.07, 6.45) is 91.9. The molecule has 80 heavy (non-hydrogen) atoms. The van der Waals surface area contributed by atoms with Crippen LogP contribution in [0, 0.1) is 0 Å². The van der Waals surface area contributed by atoms with Crippen LogP contribution < -0.4 is 0 Å². The molecule has 0 bridgehead atoms. The third-order valence-electron chi connectivity index (χ3n) is 14.8. The smallest absolute Gasteiger partial charge is 0.306 e. The lowest BCUT2D eigenvalue weighted by Gasteiger charge is -2.18. The average Bonchev–Trinajstić information content (AvgIpc) is 3.46. The number of ether oxygens (including phenoxy) is 3. The Balaban J connectivity index is 4.01. The molecule has 0 spiro atoms. The molecule has 0 aliphatic carbocycles. The van der Waals surface area contributed by atoms with E-state index in [1.54, 1.807) is 0 Å². The molecule has 0 N–H and O–H groups in total. The molecule has 0 fully saturated rings. The first kappa shape index (κ1) is 76.3. The van der Waals surface area contributed by atoms with E-state index in [1.165, 1.54) is 186 Å². The second-order valence-electron chi connectivity index (χ2n) is 22.7. The molecule has 0 radical (unpaired) electrons. The van der Waals surface area contributed by atoms with Crippen LogP contribution in [0.4, 0.5) is 0 Å². The molecule has 0 aromatic heterocycles. The molecule has 0 aromatic carbocycles. The Labute approximate surface area is 496 Å². The fraction of sp³-hybridized carbons (Fsp3) is 0.743. The summed E-state index contributed by atoms with van der Waals surface area (Å²) in [5.74, 6) is -0.871. The molecule has 0 aliphatic heterocycles. The Morgan fingerprint density at radius 1 is 0.263 bits per heavy atom. The van der Waals surface area contributed by atoms with Crippen molar-refractivity contribution in [3.05, 3.63) is 97.2 Å². The second kappa shape index (κ2) is 67.8. The average molecular weight is 1110 g/mol. The van der Waals surface area contributed by atoms with Gasteiger partial charge in [0.05, 0.1) is 0 Å². The van der Waals surface area contributed by atoms with Gasteiger partial charge in [-0.1, -0.05) is 317 Å². The fourth-order valence-corrected chi connectivity index (χ4v) is 9.78. The van der Waals surface area contributed by atoms with Crippen LogP contribution in [-0.2, 0) is 28.6 Å². The van der Waals surface area contributed by atoms with Crippen LogP contribution in [0.1, 0.15) is 335 Å². The van der Waals surface area contributed by atoms with Gasteiger partial charge in [-0.2, -0.15) is 0 Å². The Bertz CT molecular complexity index is 1560. The zero-order valence-electron chi connectivity index (χ0n) is 52.8. The summed E-state index contributed by atoms with van der Waals surface area (Å²) in [5.41, 5.74) is 0. The minimum atomic E-state index is -0.774. The Morgan fingerprint density at radius 2 is 0.487 bits per heavy atom. The number of hydrogen-bond donors (Lipinski definition) is 0. The molecule has 0 heterocycles. The molecule has 0 saturated carbocycles. The molecule has 1 atom stereocenters. The Hall–Kier alpha value is -3.67. The fourth-order valence-electron chi connectivity index (χ4n) is 9.78. The summed E-state index contributed by atoms with van der Waals surface area (Å²) in [7, 11) is 0. The molecule has 0 saturated heterocycles. The van der Waals surface area contributed by atoms with Crippen molar-refractivity contribution in [2.75, 3.05) is 13.2 Å². The number of carbonyl (C=O) groups excluding carboxylic acids is 3. The van der Waals surface area contributed by atoms with E-state index in [9.17, 15) is 14.4 Å². The maximum absolute atomic E-state index is 12.9. The number of rotatable bonds is 62. The van der Waals surface area contributed by atoms with Crippen LogP contribution in [0.25, 0.3) is 0 Å². The number of esters is 3. The van der Waals surface area contributed by atoms with Gasteiger partial charge >= 0.3 is 17.9 Å². The molecular formula is C74H128O6. The summed E-state index contributed by atoms with van der Waals surface area (Å²) in [4.78, 5) is 38.1. The van der Waals surface area contributed by atoms with Crippen molar-refractivity contribution in [3.8, 4) is 0 Å². The van der Waals surface area contributed by atoms with Gasteiger partial charge in [0.15, 0.2) is 6.10 Å². The van der Waals surface area contributed by atoms with E-state index >= 15 is 0 Å². The van der Waals surface area contributed by atoms with Crippen LogP contribution in [0.3, 0.4) is 0 Å². The molecule has 6 heteroatoms. The van der Waals surface area contributed by atoms with Crippen molar-refractivity contribution in [2.45, 2.75) is 341 Å². The normalized spacial score (nSPS) is 12.7. The van der Waals surface area contributed by atoms with Crippen molar-refractivity contribution in [2.24, 2.45) is 0 Å². The van der Waals surface area contributed by atoms with E-state index in [4.69, 9.17) is 14.2 Å². The van der Waals surface area contributed by atoms with Crippen LogP contribution in [0.5, 0.6) is 0 Å². The van der Waals surface area contributed by atoms with Crippen LogP contribution in [-0.4, -0.2) is 37.2 Å². The number of carbonyl (C=O) groups is 3. The SMILES string of the molecule is CC/C=C\C/C=C\C/C=C\C/C=C\CCCCCCCCCCCCCCCCCCCCC(=O)OCC(COC(=O)CCCCCCCC)OC(=O)CCCCCCCCCCCCCC/C=C\C/C=C\C/C=C\C/C=C\CC. The van der Waals surface area contributed by atoms with E-state index in [0.717, 1.165) is 109 Å². The van der Waals surface area contributed by atoms with Crippen molar-refractivity contribution >= 4 is 17.9 Å². The summed E-state index contributed by atoms with van der Waals surface area (Å²) in [6, 6.07) is 0. The standard InChI is InChI=1S/C74H128O6/c1-4-7-10-13-16-18-20-22-24-26-28-30-32-34-35-36-37-38-39-41-42-44-46-48-50-52-54-56-58-61-64-67-73(76)79-70-71(69-78-72(75)66-63-60-15-12-9-6-3)80-74(77)68-65-62-59-57-55-53-51-49-47-45-43-40-33-31-29-27-25-23-21-19-17-14-11-8-5-2/h7-8,10-11,16-19,22-25,28-31,71H,4-6,9,12-15,20-21,26-27,32-70H2,1-3H3/b10-7-,11-8-,18-16-,19-17-,24-22-,25-23-,30-28-,31-29-. The third kappa shape index (κ3) is 65.1. The molecule has 6 nitrogen and oxygen atoms in total. The van der Waals surface area contributed by atoms with Crippen molar-refractivity contribution < 1.29 is 28.6 Å². The highest BCUT2D eigenvalue weighted by molar-refractivity contribution is 5.71. The highest BCUT2D eigenvalue weighted by atomic mass is 16.6. The number of unbranched alkanes of at least 4 members (excludes halogenated alkanes) is 35. The first-order valence-electron chi connectivity index (χ1n) is 34.2. The van der Waals surface area contributed by atoms with E-state index in [0.29, 0.717) is 19.3 Å². The Kier molecular flexibility index (Phi) is 64.7. The van der Waals surface area contributed by atoms with Gasteiger partial charge in [0, 0.05) is 19.3 Å². The quantitative estimate of drug-likeness (QED) is 0.0261. The third-order valence-corrected chi connectivity index (χ3v) is 14.8. The summed E-state index contributed by atoms with van der Waals surface area (Å²) in [6.45, 7) is 6.39. The first-order chi connectivity index (χ1) is 39.5. The highest BCUT2D eigenvalue weighted by Gasteiger charge is 2.19. The zero-order chi connectivity index (χ0) is 57.8. The van der Waals surface area contributed by atoms with Crippen LogP contribution in [0.2, 0.25) is 0 Å². The predicted octanol–water partition coefficient (Wildman–Crippen LogP) is 23.6. The second-order valence-corrected chi connectivity index (χ2v) is 22.7. The lowest BCUT2D eigenvalue weighted by Crippen LogP contribution is -2.30. The van der Waals surface area contributed by atoms with Gasteiger partial charge in [-0.25, -0.2) is 0 Å². The summed E-state index contributed by atoms with van der Waals surface area (Å²) < 4.78 is 16.8. The predicted molar refractivity (Wildman–Crippen MR) is 348 cm³/mol. The topological polar surface area (TPSA) is 78.9 Å². The largest absolute Gasteiger partial charge is 0.462 e. The maximum Gasteiger partial charge on any atom is 0.306 e. The summed E-state index contributed by atoms with van der Waals surface area (Å²) >= 11 is 0. The molecule has 0 rings (SSSR count). The van der Waals surface area contributed by atoms with Crippen molar-refractivity contribution in [1.82, 2.24) is 0 Å². The van der Waals surface area contributed by atoms with Crippen molar-refractivity contribution in [1.29, 1.82) is 0 Å². The minimum Gasteiger partial charge on any atom is -0.462 e. The molecule has 0 amide bonds. The van der Waals surface area contributed by atoms with E-state index < -0.39 is 6.10 Å². The van der Waals surface area contributed by atoms with Crippen LogP contribution in [0.15, 0.2) is 97.2 Å². The zero-order valence-corrected chi connectivity index (χ0v) is 52.8. The van der Waals surface area contributed by atoms with Gasteiger partial charge in [0.2, 0.25) is 0 Å². The van der Waals surface area contributed by atoms with Gasteiger partial charge in [0.1, 0.15) is 13.2 Å². The maximum atomic E-state index is 12.9. The monoisotopic (exact) mass is 1110 g/mol. The van der Waals surface area contributed by atoms with E-state index in [-0.39, 0.29) is 31.1 Å².